The van der Waals surface area contributed by atoms with E-state index in [1.54, 1.807) is 18.2 Å². The first kappa shape index (κ1) is 15.5. The molecule has 0 saturated heterocycles. The van der Waals surface area contributed by atoms with E-state index < -0.39 is 21.8 Å². The quantitative estimate of drug-likeness (QED) is 0.867. The Balaban J connectivity index is 2.19. The molecule has 0 aliphatic heterocycles. The van der Waals surface area contributed by atoms with Crippen LogP contribution in [0.3, 0.4) is 0 Å². The van der Waals surface area contributed by atoms with Crippen molar-refractivity contribution >= 4 is 26.5 Å². The van der Waals surface area contributed by atoms with Crippen molar-refractivity contribution < 1.29 is 18.3 Å². The molecule has 0 spiro atoms. The van der Waals surface area contributed by atoms with Crippen LogP contribution in [0.2, 0.25) is 0 Å². The lowest BCUT2D eigenvalue weighted by molar-refractivity contribution is -0.128. The fourth-order valence-corrected chi connectivity index (χ4v) is 3.39. The number of likely N-dealkylation sites (N-methyl/N-ethyl adjacent to an activating group) is 1. The molecule has 0 fully saturated rings. The normalized spacial score (nSPS) is 13.0. The fraction of sp³-hybridized carbons (Fsp3) is 0.267. The number of benzene rings is 2. The van der Waals surface area contributed by atoms with Crippen LogP contribution in [0, 0.1) is 0 Å². The molecule has 0 heterocycles. The Kier molecular flexibility index (Phi) is 4.59. The van der Waals surface area contributed by atoms with Crippen molar-refractivity contribution in [2.24, 2.45) is 0 Å². The number of aliphatic hydroxyl groups excluding tert-OH is 1. The third kappa shape index (κ3) is 3.59. The molecule has 0 aliphatic carbocycles. The minimum absolute atomic E-state index is 0.130. The van der Waals surface area contributed by atoms with Crippen LogP contribution in [0.1, 0.15) is 6.42 Å². The van der Waals surface area contributed by atoms with Gasteiger partial charge in [0.1, 0.15) is 6.10 Å². The summed E-state index contributed by atoms with van der Waals surface area (Å²) in [5, 5.41) is 13.6. The van der Waals surface area contributed by atoms with E-state index in [2.05, 4.69) is 5.32 Å². The van der Waals surface area contributed by atoms with Gasteiger partial charge in [0.2, 0.25) is 5.91 Å². The SMILES string of the molecule is CNC(=O)C(O)CCS(=O)(=O)c1ccc2ccccc2c1. The van der Waals surface area contributed by atoms with Gasteiger partial charge in [-0.3, -0.25) is 4.79 Å². The molecule has 6 heteroatoms. The summed E-state index contributed by atoms with van der Waals surface area (Å²) in [6.07, 6.45) is -1.44. The van der Waals surface area contributed by atoms with Gasteiger partial charge in [-0.15, -0.1) is 0 Å². The highest BCUT2D eigenvalue weighted by Gasteiger charge is 2.20. The second kappa shape index (κ2) is 6.24. The zero-order valence-corrected chi connectivity index (χ0v) is 12.4. The average molecular weight is 307 g/mol. The van der Waals surface area contributed by atoms with Crippen LogP contribution in [-0.4, -0.2) is 38.3 Å². The topological polar surface area (TPSA) is 83.5 Å². The van der Waals surface area contributed by atoms with Crippen molar-refractivity contribution in [1.29, 1.82) is 0 Å². The molecule has 5 nitrogen and oxygen atoms in total. The van der Waals surface area contributed by atoms with Gasteiger partial charge in [-0.05, 0) is 29.3 Å². The molecule has 112 valence electrons. The molecule has 1 amide bonds. The van der Waals surface area contributed by atoms with Crippen LogP contribution in [-0.2, 0) is 14.6 Å². The Morgan fingerprint density at radius 1 is 1.19 bits per heavy atom. The predicted octanol–water partition coefficient (Wildman–Crippen LogP) is 1.11. The van der Waals surface area contributed by atoms with Crippen LogP contribution < -0.4 is 5.32 Å². The zero-order chi connectivity index (χ0) is 15.5. The standard InChI is InChI=1S/C15H17NO4S/c1-16-15(18)14(17)8-9-21(19,20)13-7-6-11-4-2-3-5-12(11)10-13/h2-7,10,14,17H,8-9H2,1H3,(H,16,18). The van der Waals surface area contributed by atoms with E-state index in [-0.39, 0.29) is 17.1 Å². The third-order valence-corrected chi connectivity index (χ3v) is 5.03. The first-order valence-electron chi connectivity index (χ1n) is 6.55. The van der Waals surface area contributed by atoms with Gasteiger partial charge < -0.3 is 10.4 Å². The van der Waals surface area contributed by atoms with Crippen LogP contribution in [0.5, 0.6) is 0 Å². The zero-order valence-electron chi connectivity index (χ0n) is 11.6. The van der Waals surface area contributed by atoms with Crippen molar-refractivity contribution in [2.75, 3.05) is 12.8 Å². The molecule has 2 N–H and O–H groups in total. The number of amides is 1. The summed E-state index contributed by atoms with van der Waals surface area (Å²) >= 11 is 0. The van der Waals surface area contributed by atoms with Gasteiger partial charge >= 0.3 is 0 Å². The lowest BCUT2D eigenvalue weighted by Crippen LogP contribution is -2.33. The number of carbonyl (C=O) groups excluding carboxylic acids is 1. The lowest BCUT2D eigenvalue weighted by atomic mass is 10.1. The van der Waals surface area contributed by atoms with Gasteiger partial charge in [0.05, 0.1) is 10.6 Å². The Labute approximate surface area is 123 Å². The number of aliphatic hydroxyl groups is 1. The minimum Gasteiger partial charge on any atom is -0.383 e. The maximum atomic E-state index is 12.2. The average Bonchev–Trinajstić information content (AvgIpc) is 2.51. The molecule has 2 rings (SSSR count). The Hall–Kier alpha value is -1.92. The van der Waals surface area contributed by atoms with E-state index >= 15 is 0 Å². The van der Waals surface area contributed by atoms with E-state index in [0.717, 1.165) is 10.8 Å². The largest absolute Gasteiger partial charge is 0.383 e. The number of nitrogens with one attached hydrogen (secondary N) is 1. The molecule has 1 unspecified atom stereocenters. The Morgan fingerprint density at radius 2 is 1.86 bits per heavy atom. The highest BCUT2D eigenvalue weighted by atomic mass is 32.2. The summed E-state index contributed by atoms with van der Waals surface area (Å²) in [7, 11) is -2.14. The number of carbonyl (C=O) groups is 1. The summed E-state index contributed by atoms with van der Waals surface area (Å²) in [6, 6.07) is 12.4. The second-order valence-electron chi connectivity index (χ2n) is 4.75. The fourth-order valence-electron chi connectivity index (χ4n) is 2.04. The number of hydrogen-bond donors (Lipinski definition) is 2. The summed E-state index contributed by atoms with van der Waals surface area (Å²) < 4.78 is 24.5. The van der Waals surface area contributed by atoms with Crippen LogP contribution in [0.25, 0.3) is 10.8 Å². The molecule has 0 bridgehead atoms. The molecule has 21 heavy (non-hydrogen) atoms. The number of fused-ring (bicyclic) bond motifs is 1. The highest BCUT2D eigenvalue weighted by Crippen LogP contribution is 2.20. The van der Waals surface area contributed by atoms with E-state index in [1.807, 2.05) is 24.3 Å². The molecular formula is C15H17NO4S. The van der Waals surface area contributed by atoms with Crippen molar-refractivity contribution in [2.45, 2.75) is 17.4 Å². The summed E-state index contributed by atoms with van der Waals surface area (Å²) in [6.45, 7) is 0. The van der Waals surface area contributed by atoms with Gasteiger partial charge in [-0.25, -0.2) is 8.42 Å². The second-order valence-corrected chi connectivity index (χ2v) is 6.86. The van der Waals surface area contributed by atoms with Gasteiger partial charge in [0, 0.05) is 7.05 Å². The molecule has 1 atom stereocenters. The first-order chi connectivity index (χ1) is 9.94. The summed E-state index contributed by atoms with van der Waals surface area (Å²) in [4.78, 5) is 11.4. The van der Waals surface area contributed by atoms with Crippen LogP contribution in [0.4, 0.5) is 0 Å². The molecule has 0 aliphatic rings. The van der Waals surface area contributed by atoms with Crippen molar-refractivity contribution in [3.8, 4) is 0 Å². The van der Waals surface area contributed by atoms with Crippen LogP contribution in [0.15, 0.2) is 47.4 Å². The molecule has 2 aromatic carbocycles. The monoisotopic (exact) mass is 307 g/mol. The van der Waals surface area contributed by atoms with E-state index in [4.69, 9.17) is 0 Å². The van der Waals surface area contributed by atoms with Gasteiger partial charge in [-0.1, -0.05) is 30.3 Å². The van der Waals surface area contributed by atoms with Crippen molar-refractivity contribution in [3.63, 3.8) is 0 Å². The van der Waals surface area contributed by atoms with Crippen molar-refractivity contribution in [1.82, 2.24) is 5.32 Å². The predicted molar refractivity (Wildman–Crippen MR) is 80.7 cm³/mol. The Morgan fingerprint density at radius 3 is 2.52 bits per heavy atom. The minimum atomic E-state index is -3.53. The van der Waals surface area contributed by atoms with Gasteiger partial charge in [0.15, 0.2) is 9.84 Å². The van der Waals surface area contributed by atoms with Crippen molar-refractivity contribution in [3.05, 3.63) is 42.5 Å². The third-order valence-electron chi connectivity index (χ3n) is 3.29. The van der Waals surface area contributed by atoms with E-state index in [0.29, 0.717) is 0 Å². The summed E-state index contributed by atoms with van der Waals surface area (Å²) in [5.41, 5.74) is 0. The number of hydrogen-bond acceptors (Lipinski definition) is 4. The highest BCUT2D eigenvalue weighted by molar-refractivity contribution is 7.91. The van der Waals surface area contributed by atoms with Gasteiger partial charge in [-0.2, -0.15) is 0 Å². The molecule has 0 aromatic heterocycles. The Bertz CT molecular complexity index is 755. The molecule has 2 aromatic rings. The maximum Gasteiger partial charge on any atom is 0.248 e. The smallest absolute Gasteiger partial charge is 0.248 e. The summed E-state index contributed by atoms with van der Waals surface area (Å²) in [5.74, 6) is -0.858. The molecule has 0 radical (unpaired) electrons. The molecular weight excluding hydrogens is 290 g/mol. The van der Waals surface area contributed by atoms with E-state index in [1.165, 1.54) is 7.05 Å². The van der Waals surface area contributed by atoms with E-state index in [9.17, 15) is 18.3 Å². The lowest BCUT2D eigenvalue weighted by Gasteiger charge is -2.10. The van der Waals surface area contributed by atoms with Gasteiger partial charge in [0.25, 0.3) is 0 Å². The maximum absolute atomic E-state index is 12.2. The molecule has 0 saturated carbocycles. The van der Waals surface area contributed by atoms with Crippen LogP contribution >= 0.6 is 0 Å². The number of sulfone groups is 1. The number of rotatable bonds is 5. The first-order valence-corrected chi connectivity index (χ1v) is 8.20.